The Bertz CT molecular complexity index is 149. The first-order chi connectivity index (χ1) is 7.08. The third kappa shape index (κ3) is 6.13. The zero-order valence-corrected chi connectivity index (χ0v) is 10.9. The predicted octanol–water partition coefficient (Wildman–Crippen LogP) is 2.21. The van der Waals surface area contributed by atoms with Gasteiger partial charge < -0.3 is 14.8 Å². The highest BCUT2D eigenvalue weighted by atomic mass is 16.5. The first-order valence-corrected chi connectivity index (χ1v) is 5.94. The zero-order valence-electron chi connectivity index (χ0n) is 10.9. The van der Waals surface area contributed by atoms with Crippen LogP contribution in [0, 0.1) is 0 Å². The Hall–Kier alpha value is -0.120. The fourth-order valence-electron chi connectivity index (χ4n) is 1.85. The number of likely N-dealkylation sites (N-methyl/N-ethyl adjacent to an activating group) is 1. The van der Waals surface area contributed by atoms with Crippen molar-refractivity contribution in [3.05, 3.63) is 0 Å². The lowest BCUT2D eigenvalue weighted by atomic mass is 9.94. The van der Waals surface area contributed by atoms with Crippen molar-refractivity contribution in [1.29, 1.82) is 0 Å². The van der Waals surface area contributed by atoms with Crippen LogP contribution in [0.2, 0.25) is 0 Å². The van der Waals surface area contributed by atoms with Gasteiger partial charge in [-0.3, -0.25) is 0 Å². The number of hydrogen-bond donors (Lipinski definition) is 1. The lowest BCUT2D eigenvalue weighted by Crippen LogP contribution is -2.48. The van der Waals surface area contributed by atoms with Gasteiger partial charge in [-0.15, -0.1) is 0 Å². The first-order valence-electron chi connectivity index (χ1n) is 5.94. The molecule has 0 heterocycles. The molecule has 1 N–H and O–H groups in total. The average molecular weight is 217 g/mol. The van der Waals surface area contributed by atoms with E-state index in [2.05, 4.69) is 26.1 Å². The molecule has 1 unspecified atom stereocenters. The van der Waals surface area contributed by atoms with Crippen LogP contribution in [0.25, 0.3) is 0 Å². The summed E-state index contributed by atoms with van der Waals surface area (Å²) < 4.78 is 10.8. The highest BCUT2D eigenvalue weighted by Crippen LogP contribution is 2.18. The van der Waals surface area contributed by atoms with E-state index in [1.54, 1.807) is 7.11 Å². The van der Waals surface area contributed by atoms with Crippen LogP contribution in [-0.2, 0) is 9.47 Å². The quantitative estimate of drug-likeness (QED) is 0.601. The van der Waals surface area contributed by atoms with Crippen molar-refractivity contribution in [3.8, 4) is 0 Å². The van der Waals surface area contributed by atoms with E-state index in [1.807, 2.05) is 6.92 Å². The molecule has 0 amide bonds. The van der Waals surface area contributed by atoms with Crippen molar-refractivity contribution in [2.75, 3.05) is 26.9 Å². The molecule has 0 aromatic heterocycles. The van der Waals surface area contributed by atoms with Crippen molar-refractivity contribution >= 4 is 0 Å². The first kappa shape index (κ1) is 14.9. The van der Waals surface area contributed by atoms with E-state index in [-0.39, 0.29) is 5.60 Å². The summed E-state index contributed by atoms with van der Waals surface area (Å²) in [6.45, 7) is 11.0. The molecule has 0 bridgehead atoms. The summed E-state index contributed by atoms with van der Waals surface area (Å²) in [5, 5.41) is 3.49. The minimum atomic E-state index is -0.0987. The number of nitrogens with one attached hydrogen (secondary N) is 1. The molecular formula is C12H27NO2. The second kappa shape index (κ2) is 8.08. The third-order valence-corrected chi connectivity index (χ3v) is 2.65. The summed E-state index contributed by atoms with van der Waals surface area (Å²) in [6, 6.07) is 0.401. The van der Waals surface area contributed by atoms with Gasteiger partial charge in [0, 0.05) is 26.4 Å². The Morgan fingerprint density at radius 1 is 1.27 bits per heavy atom. The molecule has 0 radical (unpaired) electrons. The fraction of sp³-hybridized carbons (Fsp3) is 1.00. The van der Waals surface area contributed by atoms with Crippen molar-refractivity contribution in [1.82, 2.24) is 5.32 Å². The van der Waals surface area contributed by atoms with Crippen LogP contribution >= 0.6 is 0 Å². The maximum Gasteiger partial charge on any atom is 0.0778 e. The molecule has 0 aliphatic rings. The third-order valence-electron chi connectivity index (χ3n) is 2.65. The molecule has 0 fully saturated rings. The highest BCUT2D eigenvalue weighted by Gasteiger charge is 2.28. The largest absolute Gasteiger partial charge is 0.385 e. The maximum absolute atomic E-state index is 5.77. The van der Waals surface area contributed by atoms with Crippen LogP contribution in [-0.4, -0.2) is 38.5 Å². The van der Waals surface area contributed by atoms with Gasteiger partial charge in [0.1, 0.15) is 0 Å². The normalized spacial score (nSPS) is 14.2. The van der Waals surface area contributed by atoms with Crippen LogP contribution in [0.1, 0.15) is 40.5 Å². The number of ether oxygens (including phenoxy) is 2. The van der Waals surface area contributed by atoms with Gasteiger partial charge in [-0.05, 0) is 40.2 Å². The van der Waals surface area contributed by atoms with E-state index in [1.165, 1.54) is 0 Å². The Morgan fingerprint density at radius 3 is 2.40 bits per heavy atom. The van der Waals surface area contributed by atoms with Gasteiger partial charge in [-0.25, -0.2) is 0 Å². The zero-order chi connectivity index (χ0) is 11.7. The maximum atomic E-state index is 5.77. The molecule has 3 nitrogen and oxygen atoms in total. The summed E-state index contributed by atoms with van der Waals surface area (Å²) in [7, 11) is 1.75. The number of methoxy groups -OCH3 is 1. The second-order valence-corrected chi connectivity index (χ2v) is 4.28. The van der Waals surface area contributed by atoms with E-state index in [4.69, 9.17) is 9.47 Å². The lowest BCUT2D eigenvalue weighted by molar-refractivity contribution is -0.0411. The van der Waals surface area contributed by atoms with Crippen molar-refractivity contribution in [2.45, 2.75) is 52.2 Å². The predicted molar refractivity (Wildman–Crippen MR) is 64.3 cm³/mol. The van der Waals surface area contributed by atoms with Gasteiger partial charge >= 0.3 is 0 Å². The Morgan fingerprint density at radius 2 is 1.93 bits per heavy atom. The topological polar surface area (TPSA) is 30.5 Å². The monoisotopic (exact) mass is 217 g/mol. The van der Waals surface area contributed by atoms with Crippen LogP contribution in [0.5, 0.6) is 0 Å². The Kier molecular flexibility index (Phi) is 8.02. The summed E-state index contributed by atoms with van der Waals surface area (Å²) >= 11 is 0. The van der Waals surface area contributed by atoms with E-state index in [0.29, 0.717) is 6.04 Å². The summed E-state index contributed by atoms with van der Waals surface area (Å²) in [5.41, 5.74) is -0.0987. The van der Waals surface area contributed by atoms with Crippen molar-refractivity contribution < 1.29 is 9.47 Å². The van der Waals surface area contributed by atoms with Gasteiger partial charge in [-0.2, -0.15) is 0 Å². The van der Waals surface area contributed by atoms with Gasteiger partial charge in [0.15, 0.2) is 0 Å². The summed E-state index contributed by atoms with van der Waals surface area (Å²) in [5.74, 6) is 0. The molecule has 0 saturated carbocycles. The number of rotatable bonds is 9. The van der Waals surface area contributed by atoms with E-state index in [0.717, 1.165) is 32.6 Å². The average Bonchev–Trinajstić information content (AvgIpc) is 2.16. The molecule has 0 aromatic rings. The van der Waals surface area contributed by atoms with Crippen molar-refractivity contribution in [3.63, 3.8) is 0 Å². The molecule has 1 atom stereocenters. The molecule has 92 valence electrons. The molecule has 15 heavy (non-hydrogen) atoms. The van der Waals surface area contributed by atoms with Crippen LogP contribution in [0.3, 0.4) is 0 Å². The minimum absolute atomic E-state index is 0.0987. The molecule has 0 aromatic carbocycles. The molecule has 0 saturated heterocycles. The van der Waals surface area contributed by atoms with E-state index in [9.17, 15) is 0 Å². The molecule has 0 aliphatic heterocycles. The van der Waals surface area contributed by atoms with Gasteiger partial charge in [0.25, 0.3) is 0 Å². The molecule has 0 rings (SSSR count). The van der Waals surface area contributed by atoms with Crippen LogP contribution in [0.4, 0.5) is 0 Å². The van der Waals surface area contributed by atoms with E-state index < -0.39 is 0 Å². The highest BCUT2D eigenvalue weighted by molar-refractivity contribution is 4.85. The molecular weight excluding hydrogens is 190 g/mol. The molecule has 0 spiro atoms. The van der Waals surface area contributed by atoms with E-state index >= 15 is 0 Å². The molecule has 0 aliphatic carbocycles. The van der Waals surface area contributed by atoms with Gasteiger partial charge in [0.2, 0.25) is 0 Å². The summed E-state index contributed by atoms with van der Waals surface area (Å²) in [4.78, 5) is 0. The fourth-order valence-corrected chi connectivity index (χ4v) is 1.85. The second-order valence-electron chi connectivity index (χ2n) is 4.28. The smallest absolute Gasteiger partial charge is 0.0778 e. The van der Waals surface area contributed by atoms with Crippen LogP contribution < -0.4 is 5.32 Å². The Labute approximate surface area is 94.5 Å². The molecule has 3 heteroatoms. The SMILES string of the molecule is CCNC(CCCOC)C(C)(C)OCC. The van der Waals surface area contributed by atoms with Gasteiger partial charge in [-0.1, -0.05) is 6.92 Å². The Balaban J connectivity index is 4.10. The summed E-state index contributed by atoms with van der Waals surface area (Å²) in [6.07, 6.45) is 2.17. The minimum Gasteiger partial charge on any atom is -0.385 e. The lowest BCUT2D eigenvalue weighted by Gasteiger charge is -2.34. The number of hydrogen-bond acceptors (Lipinski definition) is 3. The van der Waals surface area contributed by atoms with Gasteiger partial charge in [0.05, 0.1) is 5.60 Å². The van der Waals surface area contributed by atoms with Crippen molar-refractivity contribution in [2.24, 2.45) is 0 Å². The van der Waals surface area contributed by atoms with Crippen LogP contribution in [0.15, 0.2) is 0 Å². The standard InChI is InChI=1S/C12H27NO2/c1-6-13-11(9-8-10-14-5)12(3,4)15-7-2/h11,13H,6-10H2,1-5H3.